The first-order valence-electron chi connectivity index (χ1n) is 10.6. The molecule has 3 aromatic rings. The second-order valence-electron chi connectivity index (χ2n) is 7.71. The molecule has 0 aliphatic heterocycles. The summed E-state index contributed by atoms with van der Waals surface area (Å²) in [7, 11) is -3.48. The van der Waals surface area contributed by atoms with Crippen LogP contribution in [0.5, 0.6) is 5.75 Å². The van der Waals surface area contributed by atoms with Gasteiger partial charge in [-0.1, -0.05) is 18.2 Å². The van der Waals surface area contributed by atoms with Crippen molar-refractivity contribution in [3.8, 4) is 5.75 Å². The van der Waals surface area contributed by atoms with Crippen molar-refractivity contribution in [3.05, 3.63) is 43.0 Å². The van der Waals surface area contributed by atoms with E-state index in [4.69, 9.17) is 19.7 Å². The maximum absolute atomic E-state index is 13.5. The average Bonchev–Trinajstić information content (AvgIpc) is 3.17. The van der Waals surface area contributed by atoms with Crippen LogP contribution in [0.2, 0.25) is 0 Å². The molecule has 3 rings (SSSR count). The molecule has 2 atom stereocenters. The Morgan fingerprint density at radius 1 is 1.18 bits per heavy atom. The normalized spacial score (nSPS) is 14.2. The smallest absolute Gasteiger partial charge is 0.341 e. The first kappa shape index (κ1) is 24.6. The number of anilines is 1. The van der Waals surface area contributed by atoms with Gasteiger partial charge in [0, 0.05) is 6.54 Å². The number of rotatable bonds is 12. The largest absolute Gasteiger partial charge is 0.463 e. The molecule has 2 aromatic heterocycles. The highest BCUT2D eigenvalue weighted by Crippen LogP contribution is 2.43. The molecule has 33 heavy (non-hydrogen) atoms. The number of nitrogens with zero attached hydrogens (tertiary/aromatic N) is 4. The van der Waals surface area contributed by atoms with E-state index in [-0.39, 0.29) is 37.5 Å². The highest BCUT2D eigenvalue weighted by Gasteiger charge is 2.27. The van der Waals surface area contributed by atoms with Crippen LogP contribution in [0, 0.1) is 0 Å². The molecule has 0 aliphatic rings. The van der Waals surface area contributed by atoms with E-state index in [9.17, 15) is 9.36 Å². The number of aromatic nitrogens is 4. The van der Waals surface area contributed by atoms with Gasteiger partial charge in [0.1, 0.15) is 23.9 Å². The predicted octanol–water partition coefficient (Wildman–Crippen LogP) is 2.97. The minimum absolute atomic E-state index is 0.0536. The lowest BCUT2D eigenvalue weighted by Crippen LogP contribution is -2.25. The van der Waals surface area contributed by atoms with Crippen LogP contribution in [0.15, 0.2) is 43.0 Å². The zero-order valence-corrected chi connectivity index (χ0v) is 19.8. The fraction of sp³-hybridized carbons (Fsp3) is 0.429. The lowest BCUT2D eigenvalue weighted by molar-refractivity contribution is -0.147. The summed E-state index contributed by atoms with van der Waals surface area (Å²) in [4.78, 5) is 24.2. The van der Waals surface area contributed by atoms with Crippen molar-refractivity contribution in [3.63, 3.8) is 0 Å². The molecule has 3 N–H and O–H groups in total. The Bertz CT molecular complexity index is 1110. The number of hydrogen-bond acceptors (Lipinski definition) is 9. The zero-order chi connectivity index (χ0) is 23.8. The summed E-state index contributed by atoms with van der Waals surface area (Å²) in [6.07, 6.45) is 2.27. The standard InChI is InChI=1S/C21H29N6O5P/c1-15(2)31-18(28)9-10-26-33(29,32-17-7-5-4-6-8-17)14-30-16(3)11-27-13-25-19-20(22)23-12-24-21(19)27/h4-8,12-13,15-16H,9-11,14H2,1-3H3,(H,26,29)(H2,22,23,24)/t16-,33-/m1/s1. The number of nitrogen functional groups attached to an aromatic ring is 1. The number of para-hydroxylation sites is 1. The van der Waals surface area contributed by atoms with E-state index in [1.165, 1.54) is 6.33 Å². The SMILES string of the molecule is CC(C)OC(=O)CCN[P@@](=O)(CO[C@H](C)Cn1cnc2c(N)ncnc21)Oc1ccccc1. The van der Waals surface area contributed by atoms with Crippen LogP contribution in [-0.4, -0.2) is 50.6 Å². The molecule has 0 saturated heterocycles. The van der Waals surface area contributed by atoms with Crippen LogP contribution in [0.1, 0.15) is 27.2 Å². The highest BCUT2D eigenvalue weighted by atomic mass is 31.2. The number of imidazole rings is 1. The first-order chi connectivity index (χ1) is 15.8. The number of carbonyl (C=O) groups is 1. The number of carbonyl (C=O) groups excluding carboxylic acids is 1. The molecule has 1 aromatic carbocycles. The average molecular weight is 476 g/mol. The van der Waals surface area contributed by atoms with Gasteiger partial charge in [0.15, 0.2) is 11.5 Å². The van der Waals surface area contributed by atoms with Gasteiger partial charge in [-0.15, -0.1) is 0 Å². The molecule has 0 aliphatic carbocycles. The van der Waals surface area contributed by atoms with Gasteiger partial charge in [0.25, 0.3) is 0 Å². The number of ether oxygens (including phenoxy) is 2. The van der Waals surface area contributed by atoms with E-state index in [0.29, 0.717) is 29.3 Å². The summed E-state index contributed by atoms with van der Waals surface area (Å²) >= 11 is 0. The Morgan fingerprint density at radius 2 is 1.94 bits per heavy atom. The van der Waals surface area contributed by atoms with E-state index in [0.717, 1.165) is 0 Å². The molecule has 0 spiro atoms. The summed E-state index contributed by atoms with van der Waals surface area (Å²) in [5.41, 5.74) is 6.93. The molecular weight excluding hydrogens is 447 g/mol. The molecule has 2 heterocycles. The van der Waals surface area contributed by atoms with Gasteiger partial charge in [0.05, 0.1) is 31.5 Å². The van der Waals surface area contributed by atoms with Crippen LogP contribution in [0.4, 0.5) is 5.82 Å². The Labute approximate surface area is 192 Å². The summed E-state index contributed by atoms with van der Waals surface area (Å²) < 4.78 is 32.0. The predicted molar refractivity (Wildman–Crippen MR) is 124 cm³/mol. The van der Waals surface area contributed by atoms with Crippen molar-refractivity contribution >= 4 is 30.5 Å². The fourth-order valence-corrected chi connectivity index (χ4v) is 4.57. The van der Waals surface area contributed by atoms with E-state index < -0.39 is 7.52 Å². The minimum atomic E-state index is -3.48. The van der Waals surface area contributed by atoms with Gasteiger partial charge < -0.3 is 24.3 Å². The summed E-state index contributed by atoms with van der Waals surface area (Å²) in [6.45, 7) is 5.90. The van der Waals surface area contributed by atoms with E-state index in [2.05, 4.69) is 20.0 Å². The van der Waals surface area contributed by atoms with Crippen LogP contribution < -0.4 is 15.3 Å². The Morgan fingerprint density at radius 3 is 2.67 bits per heavy atom. The number of fused-ring (bicyclic) bond motifs is 1. The van der Waals surface area contributed by atoms with Crippen LogP contribution in [-0.2, 0) is 25.4 Å². The van der Waals surface area contributed by atoms with Crippen LogP contribution in [0.3, 0.4) is 0 Å². The number of nitrogens with two attached hydrogens (primary N) is 1. The molecule has 11 nitrogen and oxygen atoms in total. The highest BCUT2D eigenvalue weighted by molar-refractivity contribution is 7.57. The Kier molecular flexibility index (Phi) is 8.37. The molecule has 0 saturated carbocycles. The molecule has 0 fully saturated rings. The van der Waals surface area contributed by atoms with Gasteiger partial charge in [-0.25, -0.2) is 20.0 Å². The van der Waals surface area contributed by atoms with Crippen molar-refractivity contribution in [1.82, 2.24) is 24.6 Å². The van der Waals surface area contributed by atoms with E-state index in [1.54, 1.807) is 49.0 Å². The molecular formula is C21H29N6O5P. The Hall–Kier alpha value is -3.01. The van der Waals surface area contributed by atoms with E-state index >= 15 is 0 Å². The second kappa shape index (κ2) is 11.2. The summed E-state index contributed by atoms with van der Waals surface area (Å²) in [6, 6.07) is 8.79. The topological polar surface area (TPSA) is 143 Å². The minimum Gasteiger partial charge on any atom is -0.463 e. The van der Waals surface area contributed by atoms with Gasteiger partial charge in [-0.05, 0) is 32.9 Å². The maximum atomic E-state index is 13.5. The van der Waals surface area contributed by atoms with E-state index in [1.807, 2.05) is 13.0 Å². The lowest BCUT2D eigenvalue weighted by atomic mass is 10.3. The molecule has 0 bridgehead atoms. The third-order valence-corrected chi connectivity index (χ3v) is 6.16. The fourth-order valence-electron chi connectivity index (χ4n) is 2.99. The van der Waals surface area contributed by atoms with Crippen LogP contribution in [0.25, 0.3) is 11.2 Å². The summed E-state index contributed by atoms with van der Waals surface area (Å²) in [5.74, 6) is 0.349. The van der Waals surface area contributed by atoms with Crippen molar-refractivity contribution in [1.29, 1.82) is 0 Å². The van der Waals surface area contributed by atoms with Gasteiger partial charge >= 0.3 is 13.5 Å². The van der Waals surface area contributed by atoms with Crippen molar-refractivity contribution in [2.24, 2.45) is 0 Å². The second-order valence-corrected chi connectivity index (χ2v) is 9.81. The van der Waals surface area contributed by atoms with Crippen LogP contribution >= 0.6 is 7.52 Å². The molecule has 12 heteroatoms. The summed E-state index contributed by atoms with van der Waals surface area (Å²) in [5, 5.41) is 2.85. The lowest BCUT2D eigenvalue weighted by Gasteiger charge is -2.23. The number of esters is 1. The van der Waals surface area contributed by atoms with Gasteiger partial charge in [0.2, 0.25) is 0 Å². The number of nitrogens with one attached hydrogen (secondary N) is 1. The number of benzene rings is 1. The van der Waals surface area contributed by atoms with Gasteiger partial charge in [-0.3, -0.25) is 9.36 Å². The van der Waals surface area contributed by atoms with Crippen molar-refractivity contribution < 1.29 is 23.4 Å². The van der Waals surface area contributed by atoms with Gasteiger partial charge in [-0.2, -0.15) is 0 Å². The Balaban J connectivity index is 1.62. The third kappa shape index (κ3) is 7.24. The monoisotopic (exact) mass is 476 g/mol. The quantitative estimate of drug-likeness (QED) is 0.296. The number of hydrogen-bond donors (Lipinski definition) is 2. The maximum Gasteiger partial charge on any atom is 0.341 e. The molecule has 178 valence electrons. The first-order valence-corrected chi connectivity index (χ1v) is 12.4. The zero-order valence-electron chi connectivity index (χ0n) is 18.9. The molecule has 0 unspecified atom stereocenters. The molecule has 0 radical (unpaired) electrons. The van der Waals surface area contributed by atoms with Crippen molar-refractivity contribution in [2.75, 3.05) is 18.6 Å². The van der Waals surface area contributed by atoms with Crippen molar-refractivity contribution in [2.45, 2.75) is 45.9 Å². The third-order valence-electron chi connectivity index (χ3n) is 4.46. The molecule has 0 amide bonds.